The molecule has 0 saturated heterocycles. The number of aromatic hydroxyl groups is 3. The summed E-state index contributed by atoms with van der Waals surface area (Å²) in [6.07, 6.45) is 0. The molecule has 0 unspecified atom stereocenters. The SMILES string of the molecule is NCc1cccc(-c2ccc(=O)c(O)c(O)c2O)c1. The normalized spacial score (nSPS) is 10.4. The van der Waals surface area contributed by atoms with Crippen LogP contribution in [0, 0.1) is 0 Å². The van der Waals surface area contributed by atoms with Crippen LogP contribution < -0.4 is 11.2 Å². The summed E-state index contributed by atoms with van der Waals surface area (Å²) < 4.78 is 0. The van der Waals surface area contributed by atoms with E-state index in [4.69, 9.17) is 5.73 Å². The molecule has 0 spiro atoms. The molecule has 0 aromatic heterocycles. The minimum Gasteiger partial charge on any atom is -0.504 e. The van der Waals surface area contributed by atoms with E-state index in [9.17, 15) is 20.1 Å². The van der Waals surface area contributed by atoms with Crippen molar-refractivity contribution in [3.63, 3.8) is 0 Å². The van der Waals surface area contributed by atoms with E-state index >= 15 is 0 Å². The molecule has 0 aliphatic carbocycles. The van der Waals surface area contributed by atoms with Crippen molar-refractivity contribution >= 4 is 0 Å². The van der Waals surface area contributed by atoms with Gasteiger partial charge in [0, 0.05) is 12.1 Å². The lowest BCUT2D eigenvalue weighted by Gasteiger charge is -2.05. The Hall–Kier alpha value is -2.53. The largest absolute Gasteiger partial charge is 0.504 e. The summed E-state index contributed by atoms with van der Waals surface area (Å²) in [5, 5.41) is 28.9. The minimum absolute atomic E-state index is 0.241. The Bertz CT molecular complexity index is 683. The van der Waals surface area contributed by atoms with Crippen molar-refractivity contribution < 1.29 is 15.3 Å². The molecule has 0 aliphatic heterocycles. The Kier molecular flexibility index (Phi) is 3.39. The van der Waals surface area contributed by atoms with Gasteiger partial charge < -0.3 is 21.1 Å². The smallest absolute Gasteiger partial charge is 0.224 e. The van der Waals surface area contributed by atoms with E-state index in [0.717, 1.165) is 11.6 Å². The Balaban J connectivity index is 2.73. The first kappa shape index (κ1) is 12.9. The highest BCUT2D eigenvalue weighted by atomic mass is 16.3. The van der Waals surface area contributed by atoms with Gasteiger partial charge in [0.05, 0.1) is 0 Å². The maximum absolute atomic E-state index is 11.4. The maximum Gasteiger partial charge on any atom is 0.224 e. The van der Waals surface area contributed by atoms with Gasteiger partial charge in [0.2, 0.25) is 16.9 Å². The van der Waals surface area contributed by atoms with Crippen LogP contribution in [0.3, 0.4) is 0 Å². The van der Waals surface area contributed by atoms with Crippen LogP contribution in [0.25, 0.3) is 11.1 Å². The van der Waals surface area contributed by atoms with Gasteiger partial charge >= 0.3 is 0 Å². The maximum atomic E-state index is 11.4. The lowest BCUT2D eigenvalue weighted by Crippen LogP contribution is -1.95. The van der Waals surface area contributed by atoms with Crippen LogP contribution in [-0.4, -0.2) is 15.3 Å². The third kappa shape index (κ3) is 2.36. The Morgan fingerprint density at radius 2 is 1.68 bits per heavy atom. The predicted molar refractivity (Wildman–Crippen MR) is 71.0 cm³/mol. The fourth-order valence-electron chi connectivity index (χ4n) is 1.77. The molecule has 2 aromatic carbocycles. The first-order valence-electron chi connectivity index (χ1n) is 5.62. The number of hydrogen-bond donors (Lipinski definition) is 4. The van der Waals surface area contributed by atoms with Crippen molar-refractivity contribution in [3.05, 3.63) is 52.2 Å². The summed E-state index contributed by atoms with van der Waals surface area (Å²) in [6.45, 7) is 0.331. The molecule has 5 heteroatoms. The molecule has 2 aromatic rings. The third-order valence-corrected chi connectivity index (χ3v) is 2.81. The van der Waals surface area contributed by atoms with E-state index in [0.29, 0.717) is 12.1 Å². The molecular formula is C14H13NO4. The summed E-state index contributed by atoms with van der Waals surface area (Å²) in [6, 6.07) is 9.43. The van der Waals surface area contributed by atoms with E-state index in [1.807, 2.05) is 6.07 Å². The second-order valence-corrected chi connectivity index (χ2v) is 4.06. The van der Waals surface area contributed by atoms with E-state index < -0.39 is 22.7 Å². The van der Waals surface area contributed by atoms with Crippen molar-refractivity contribution in [1.29, 1.82) is 0 Å². The topological polar surface area (TPSA) is 104 Å². The molecule has 98 valence electrons. The molecule has 19 heavy (non-hydrogen) atoms. The zero-order chi connectivity index (χ0) is 14.0. The van der Waals surface area contributed by atoms with Gasteiger partial charge in [-0.05, 0) is 29.3 Å². The van der Waals surface area contributed by atoms with Crippen LogP contribution in [0.5, 0.6) is 17.2 Å². The van der Waals surface area contributed by atoms with Crippen LogP contribution in [0.15, 0.2) is 41.2 Å². The zero-order valence-corrected chi connectivity index (χ0v) is 10.00. The van der Waals surface area contributed by atoms with Gasteiger partial charge in [-0.1, -0.05) is 18.2 Å². The Morgan fingerprint density at radius 3 is 2.37 bits per heavy atom. The molecule has 0 heterocycles. The molecule has 5 N–H and O–H groups in total. The molecule has 0 atom stereocenters. The van der Waals surface area contributed by atoms with E-state index in [1.54, 1.807) is 18.2 Å². The van der Waals surface area contributed by atoms with Crippen molar-refractivity contribution in [2.45, 2.75) is 6.54 Å². The second kappa shape index (κ2) is 4.99. The number of rotatable bonds is 2. The van der Waals surface area contributed by atoms with Gasteiger partial charge in [-0.2, -0.15) is 0 Å². The minimum atomic E-state index is -0.876. The summed E-state index contributed by atoms with van der Waals surface area (Å²) in [7, 11) is 0. The number of hydrogen-bond acceptors (Lipinski definition) is 5. The molecule has 0 radical (unpaired) electrons. The number of benzene rings is 1. The highest BCUT2D eigenvalue weighted by Gasteiger charge is 2.13. The van der Waals surface area contributed by atoms with Gasteiger partial charge in [-0.3, -0.25) is 4.79 Å². The summed E-state index contributed by atoms with van der Waals surface area (Å²) in [5.74, 6) is -2.25. The standard InChI is InChI=1S/C14H13NO4/c15-7-8-2-1-3-9(6-8)10-4-5-11(16)13(18)14(19)12(10)17/h1-6H,7,15H2,(H3,16,17,18,19). The Labute approximate surface area is 109 Å². The van der Waals surface area contributed by atoms with Crippen molar-refractivity contribution in [2.75, 3.05) is 0 Å². The van der Waals surface area contributed by atoms with E-state index in [2.05, 4.69) is 0 Å². The fourth-order valence-corrected chi connectivity index (χ4v) is 1.77. The predicted octanol–water partition coefficient (Wildman–Crippen LogP) is 1.29. The zero-order valence-electron chi connectivity index (χ0n) is 10.00. The molecule has 2 rings (SSSR count). The lowest BCUT2D eigenvalue weighted by molar-refractivity contribution is 0.369. The molecular weight excluding hydrogens is 246 g/mol. The number of nitrogens with two attached hydrogens (primary N) is 1. The van der Waals surface area contributed by atoms with E-state index in [-0.39, 0.29) is 5.56 Å². The Morgan fingerprint density at radius 1 is 0.947 bits per heavy atom. The first-order chi connectivity index (χ1) is 9.04. The second-order valence-electron chi connectivity index (χ2n) is 4.06. The van der Waals surface area contributed by atoms with Gasteiger partial charge in [-0.25, -0.2) is 0 Å². The highest BCUT2D eigenvalue weighted by molar-refractivity contribution is 5.74. The monoisotopic (exact) mass is 259 g/mol. The fraction of sp³-hybridized carbons (Fsp3) is 0.0714. The van der Waals surface area contributed by atoms with Gasteiger partial charge in [0.25, 0.3) is 0 Å². The first-order valence-corrected chi connectivity index (χ1v) is 5.62. The van der Waals surface area contributed by atoms with Gasteiger partial charge in [-0.15, -0.1) is 0 Å². The molecule has 0 fully saturated rings. The highest BCUT2D eigenvalue weighted by Crippen LogP contribution is 2.38. The molecule has 0 amide bonds. The van der Waals surface area contributed by atoms with E-state index in [1.165, 1.54) is 6.07 Å². The van der Waals surface area contributed by atoms with Crippen molar-refractivity contribution in [1.82, 2.24) is 0 Å². The summed E-state index contributed by atoms with van der Waals surface area (Å²) in [5.41, 5.74) is 6.44. The van der Waals surface area contributed by atoms with Gasteiger partial charge in [0.1, 0.15) is 0 Å². The lowest BCUT2D eigenvalue weighted by atomic mass is 10.0. The quantitative estimate of drug-likeness (QED) is 0.650. The molecule has 0 saturated carbocycles. The molecule has 5 nitrogen and oxygen atoms in total. The summed E-state index contributed by atoms with van der Waals surface area (Å²) >= 11 is 0. The van der Waals surface area contributed by atoms with Crippen LogP contribution in [0.2, 0.25) is 0 Å². The van der Waals surface area contributed by atoms with Crippen molar-refractivity contribution in [2.24, 2.45) is 5.73 Å². The van der Waals surface area contributed by atoms with Crippen LogP contribution in [0.1, 0.15) is 5.56 Å². The average molecular weight is 259 g/mol. The van der Waals surface area contributed by atoms with Crippen molar-refractivity contribution in [3.8, 4) is 28.4 Å². The molecule has 0 bridgehead atoms. The van der Waals surface area contributed by atoms with Crippen LogP contribution in [-0.2, 0) is 6.54 Å². The molecule has 0 aliphatic rings. The third-order valence-electron chi connectivity index (χ3n) is 2.81. The van der Waals surface area contributed by atoms with Gasteiger partial charge in [0.15, 0.2) is 5.75 Å². The summed E-state index contributed by atoms with van der Waals surface area (Å²) in [4.78, 5) is 11.4. The van der Waals surface area contributed by atoms with Crippen LogP contribution >= 0.6 is 0 Å². The van der Waals surface area contributed by atoms with Crippen LogP contribution in [0.4, 0.5) is 0 Å². The average Bonchev–Trinajstić information content (AvgIpc) is 2.53.